The first kappa shape index (κ1) is 14.9. The van der Waals surface area contributed by atoms with Crippen LogP contribution < -0.4 is 5.32 Å². The van der Waals surface area contributed by atoms with Gasteiger partial charge in [0.1, 0.15) is 6.07 Å². The summed E-state index contributed by atoms with van der Waals surface area (Å²) in [6, 6.07) is 8.09. The van der Waals surface area contributed by atoms with E-state index in [2.05, 4.69) is 42.5 Å². The Morgan fingerprint density at radius 3 is 2.65 bits per heavy atom. The summed E-state index contributed by atoms with van der Waals surface area (Å²) >= 11 is 3.14. The topological polar surface area (TPSA) is 48.7 Å². The molecule has 104 valence electrons. The van der Waals surface area contributed by atoms with Gasteiger partial charge in [0.05, 0.1) is 16.9 Å². The molecule has 5 heteroatoms. The van der Waals surface area contributed by atoms with E-state index < -0.39 is 0 Å². The Morgan fingerprint density at radius 2 is 2.10 bits per heavy atom. The zero-order valence-corrected chi connectivity index (χ0v) is 13.7. The van der Waals surface area contributed by atoms with Gasteiger partial charge in [-0.15, -0.1) is 23.1 Å². The average Bonchev–Trinajstić information content (AvgIpc) is 2.87. The molecular weight excluding hydrogens is 286 g/mol. The van der Waals surface area contributed by atoms with Crippen LogP contribution in [0.3, 0.4) is 0 Å². The van der Waals surface area contributed by atoms with Crippen molar-refractivity contribution in [1.82, 2.24) is 4.98 Å². The molecule has 1 heterocycles. The summed E-state index contributed by atoms with van der Waals surface area (Å²) in [5, 5.41) is 15.5. The normalized spacial score (nSPS) is 11.2. The molecule has 1 aromatic carbocycles. The third kappa shape index (κ3) is 3.14. The summed E-state index contributed by atoms with van der Waals surface area (Å²) in [4.78, 5) is 5.58. The maximum absolute atomic E-state index is 9.32. The van der Waals surface area contributed by atoms with Crippen LogP contribution in [0.4, 0.5) is 10.8 Å². The van der Waals surface area contributed by atoms with Crippen LogP contribution in [0.2, 0.25) is 0 Å². The number of rotatable bonds is 3. The van der Waals surface area contributed by atoms with E-state index in [0.29, 0.717) is 5.56 Å². The van der Waals surface area contributed by atoms with Crippen LogP contribution in [-0.4, -0.2) is 11.2 Å². The number of aromatic nitrogens is 1. The Morgan fingerprint density at radius 1 is 1.35 bits per heavy atom. The van der Waals surface area contributed by atoms with E-state index in [1.54, 1.807) is 23.1 Å². The Balaban J connectivity index is 2.31. The highest BCUT2D eigenvalue weighted by molar-refractivity contribution is 7.98. The second-order valence-corrected chi connectivity index (χ2v) is 7.11. The predicted octanol–water partition coefficient (Wildman–Crippen LogP) is 4.78. The number of thioether (sulfide) groups is 1. The van der Waals surface area contributed by atoms with Crippen molar-refractivity contribution < 1.29 is 0 Å². The molecule has 3 nitrogen and oxygen atoms in total. The Bertz CT molecular complexity index is 648. The van der Waals surface area contributed by atoms with E-state index in [0.717, 1.165) is 21.4 Å². The van der Waals surface area contributed by atoms with Crippen molar-refractivity contribution in [3.63, 3.8) is 0 Å². The molecule has 2 rings (SSSR count). The molecule has 0 fully saturated rings. The fourth-order valence-electron chi connectivity index (χ4n) is 1.71. The molecule has 0 saturated heterocycles. The SMILES string of the molecule is CSc1cccc(Nc2nc(C(C)(C)C)cs2)c1C#N. The van der Waals surface area contributed by atoms with Gasteiger partial charge in [-0.3, -0.25) is 0 Å². The van der Waals surface area contributed by atoms with Crippen molar-refractivity contribution in [2.24, 2.45) is 0 Å². The summed E-state index contributed by atoms with van der Waals surface area (Å²) in [6.07, 6.45) is 1.97. The summed E-state index contributed by atoms with van der Waals surface area (Å²) < 4.78 is 0. The standard InChI is InChI=1S/C15H17N3S2/c1-15(2,3)13-9-20-14(18-13)17-11-6-5-7-12(19-4)10(11)8-16/h5-7,9H,1-4H3,(H,17,18). The quantitative estimate of drug-likeness (QED) is 0.829. The van der Waals surface area contributed by atoms with Crippen LogP contribution in [0.15, 0.2) is 28.5 Å². The lowest BCUT2D eigenvalue weighted by atomic mass is 9.93. The molecule has 0 aliphatic rings. The average molecular weight is 303 g/mol. The minimum absolute atomic E-state index is 0.0373. The van der Waals surface area contributed by atoms with Gasteiger partial charge in [0.2, 0.25) is 0 Å². The van der Waals surface area contributed by atoms with Crippen LogP contribution in [-0.2, 0) is 5.41 Å². The number of hydrogen-bond acceptors (Lipinski definition) is 5. The fourth-order valence-corrected chi connectivity index (χ4v) is 3.24. The molecule has 2 aromatic rings. The number of anilines is 2. The van der Waals surface area contributed by atoms with Gasteiger partial charge in [-0.1, -0.05) is 26.8 Å². The summed E-state index contributed by atoms with van der Waals surface area (Å²) in [5.41, 5.74) is 2.58. The molecule has 0 unspecified atom stereocenters. The minimum atomic E-state index is 0.0373. The molecule has 20 heavy (non-hydrogen) atoms. The Kier molecular flexibility index (Phi) is 4.36. The summed E-state index contributed by atoms with van der Waals surface area (Å²) in [6.45, 7) is 6.42. The lowest BCUT2D eigenvalue weighted by Gasteiger charge is -2.14. The molecule has 0 aliphatic carbocycles. The van der Waals surface area contributed by atoms with Gasteiger partial charge in [-0.2, -0.15) is 5.26 Å². The van der Waals surface area contributed by atoms with Gasteiger partial charge in [-0.25, -0.2) is 4.98 Å². The van der Waals surface area contributed by atoms with Gasteiger partial charge in [0.15, 0.2) is 5.13 Å². The van der Waals surface area contributed by atoms with Crippen molar-refractivity contribution >= 4 is 33.9 Å². The number of benzene rings is 1. The molecular formula is C15H17N3S2. The lowest BCUT2D eigenvalue weighted by Crippen LogP contribution is -2.11. The molecule has 0 spiro atoms. The van der Waals surface area contributed by atoms with Gasteiger partial charge in [0.25, 0.3) is 0 Å². The van der Waals surface area contributed by atoms with Crippen LogP contribution in [0, 0.1) is 11.3 Å². The van der Waals surface area contributed by atoms with Crippen LogP contribution in [0.1, 0.15) is 32.0 Å². The number of thiazole rings is 1. The highest BCUT2D eigenvalue weighted by atomic mass is 32.2. The van der Waals surface area contributed by atoms with E-state index >= 15 is 0 Å². The molecule has 0 amide bonds. The Labute approximate surface area is 128 Å². The highest BCUT2D eigenvalue weighted by Gasteiger charge is 2.18. The largest absolute Gasteiger partial charge is 0.330 e. The monoisotopic (exact) mass is 303 g/mol. The zero-order valence-electron chi connectivity index (χ0n) is 12.0. The second kappa shape index (κ2) is 5.86. The van der Waals surface area contributed by atoms with Crippen molar-refractivity contribution in [1.29, 1.82) is 5.26 Å². The molecule has 0 bridgehead atoms. The van der Waals surface area contributed by atoms with Crippen molar-refractivity contribution in [3.8, 4) is 6.07 Å². The van der Waals surface area contributed by atoms with E-state index in [1.165, 1.54) is 0 Å². The maximum Gasteiger partial charge on any atom is 0.187 e. The number of hydrogen-bond donors (Lipinski definition) is 1. The molecule has 0 aliphatic heterocycles. The van der Waals surface area contributed by atoms with Crippen LogP contribution in [0.25, 0.3) is 0 Å². The third-order valence-electron chi connectivity index (χ3n) is 2.87. The number of nitrogens with zero attached hydrogens (tertiary/aromatic N) is 2. The van der Waals surface area contributed by atoms with Crippen molar-refractivity contribution in [2.45, 2.75) is 31.1 Å². The van der Waals surface area contributed by atoms with Gasteiger partial charge < -0.3 is 5.32 Å². The maximum atomic E-state index is 9.32. The molecule has 0 saturated carbocycles. The van der Waals surface area contributed by atoms with E-state index in [1.807, 2.05) is 24.5 Å². The smallest absolute Gasteiger partial charge is 0.187 e. The van der Waals surface area contributed by atoms with E-state index in [4.69, 9.17) is 0 Å². The first-order valence-electron chi connectivity index (χ1n) is 6.26. The summed E-state index contributed by atoms with van der Waals surface area (Å²) in [7, 11) is 0. The van der Waals surface area contributed by atoms with Gasteiger partial charge in [0, 0.05) is 15.7 Å². The first-order chi connectivity index (χ1) is 9.45. The zero-order chi connectivity index (χ0) is 14.8. The first-order valence-corrected chi connectivity index (χ1v) is 8.36. The number of nitrogens with one attached hydrogen (secondary N) is 1. The van der Waals surface area contributed by atoms with Gasteiger partial charge in [-0.05, 0) is 18.4 Å². The summed E-state index contributed by atoms with van der Waals surface area (Å²) in [5.74, 6) is 0. The second-order valence-electron chi connectivity index (χ2n) is 5.41. The van der Waals surface area contributed by atoms with E-state index in [-0.39, 0.29) is 5.41 Å². The molecule has 1 aromatic heterocycles. The van der Waals surface area contributed by atoms with Crippen LogP contribution >= 0.6 is 23.1 Å². The lowest BCUT2D eigenvalue weighted by molar-refractivity contribution is 0.573. The Hall–Kier alpha value is -1.51. The minimum Gasteiger partial charge on any atom is -0.330 e. The van der Waals surface area contributed by atoms with Crippen molar-refractivity contribution in [2.75, 3.05) is 11.6 Å². The molecule has 1 N–H and O–H groups in total. The van der Waals surface area contributed by atoms with Gasteiger partial charge >= 0.3 is 0 Å². The number of nitriles is 1. The van der Waals surface area contributed by atoms with Crippen LogP contribution in [0.5, 0.6) is 0 Å². The predicted molar refractivity (Wildman–Crippen MR) is 87.0 cm³/mol. The van der Waals surface area contributed by atoms with E-state index in [9.17, 15) is 5.26 Å². The molecule has 0 radical (unpaired) electrons. The highest BCUT2D eigenvalue weighted by Crippen LogP contribution is 2.31. The fraction of sp³-hybridized carbons (Fsp3) is 0.333. The third-order valence-corrected chi connectivity index (χ3v) is 4.41. The molecule has 0 atom stereocenters. The van der Waals surface area contributed by atoms with Crippen molar-refractivity contribution in [3.05, 3.63) is 34.8 Å².